The van der Waals surface area contributed by atoms with Crippen molar-refractivity contribution in [3.63, 3.8) is 0 Å². The number of nitrogen functional groups attached to an aromatic ring is 1. The van der Waals surface area contributed by atoms with Crippen molar-refractivity contribution in [3.05, 3.63) is 23.8 Å². The van der Waals surface area contributed by atoms with Crippen LogP contribution in [0.1, 0.15) is 18.4 Å². The van der Waals surface area contributed by atoms with Crippen molar-refractivity contribution in [2.75, 3.05) is 11.5 Å². The highest BCUT2D eigenvalue weighted by atomic mass is 32.2. The summed E-state index contributed by atoms with van der Waals surface area (Å²) < 4.78 is 0. The number of benzene rings is 1. The number of terminal acetylenes is 1. The Hall–Kier alpha value is -1.07. The molecular weight excluding hydrogens is 190 g/mol. The lowest BCUT2D eigenvalue weighted by molar-refractivity contribution is 0.997. The number of unbranched alkanes of at least 4 members (excludes halogenated alkanes) is 1. The standard InChI is InChI=1S/C12H15NS/c1-3-4-5-9-14-12-8-6-7-11(13)10(12)2/h1,6-8H,4-5,9,13H2,2H3. The summed E-state index contributed by atoms with van der Waals surface area (Å²) in [6.07, 6.45) is 7.10. The van der Waals surface area contributed by atoms with E-state index in [0.29, 0.717) is 0 Å². The molecule has 1 nitrogen and oxygen atoms in total. The molecule has 0 heterocycles. The van der Waals surface area contributed by atoms with Crippen LogP contribution >= 0.6 is 11.8 Å². The Labute approximate surface area is 90.1 Å². The van der Waals surface area contributed by atoms with Gasteiger partial charge >= 0.3 is 0 Å². The number of nitrogens with two attached hydrogens (primary N) is 1. The predicted molar refractivity (Wildman–Crippen MR) is 64.4 cm³/mol. The lowest BCUT2D eigenvalue weighted by Crippen LogP contribution is -1.91. The number of anilines is 1. The van der Waals surface area contributed by atoms with Gasteiger partial charge in [-0.2, -0.15) is 0 Å². The van der Waals surface area contributed by atoms with Gasteiger partial charge in [0.1, 0.15) is 0 Å². The average molecular weight is 205 g/mol. The maximum atomic E-state index is 5.81. The Bertz CT molecular complexity index is 339. The molecule has 1 aromatic carbocycles. The third-order valence-corrected chi connectivity index (χ3v) is 3.30. The maximum Gasteiger partial charge on any atom is 0.0354 e. The number of hydrogen-bond acceptors (Lipinski definition) is 2. The van der Waals surface area contributed by atoms with Gasteiger partial charge in [-0.25, -0.2) is 0 Å². The van der Waals surface area contributed by atoms with Crippen molar-refractivity contribution in [1.82, 2.24) is 0 Å². The van der Waals surface area contributed by atoms with Gasteiger partial charge in [0.25, 0.3) is 0 Å². The Morgan fingerprint density at radius 1 is 1.50 bits per heavy atom. The Morgan fingerprint density at radius 2 is 2.29 bits per heavy atom. The lowest BCUT2D eigenvalue weighted by atomic mass is 10.2. The SMILES string of the molecule is C#CCCCSc1cccc(N)c1C. The first-order valence-electron chi connectivity index (χ1n) is 4.67. The van der Waals surface area contributed by atoms with Crippen LogP contribution < -0.4 is 5.73 Å². The molecule has 2 N–H and O–H groups in total. The van der Waals surface area contributed by atoms with Gasteiger partial charge in [0.2, 0.25) is 0 Å². The fourth-order valence-electron chi connectivity index (χ4n) is 1.14. The van der Waals surface area contributed by atoms with Crippen LogP contribution in [0.25, 0.3) is 0 Å². The van der Waals surface area contributed by atoms with Gasteiger partial charge in [0.05, 0.1) is 0 Å². The van der Waals surface area contributed by atoms with E-state index in [-0.39, 0.29) is 0 Å². The van der Waals surface area contributed by atoms with Gasteiger partial charge < -0.3 is 5.73 Å². The van der Waals surface area contributed by atoms with Crippen LogP contribution in [-0.2, 0) is 0 Å². The van der Waals surface area contributed by atoms with Crippen molar-refractivity contribution in [2.24, 2.45) is 0 Å². The van der Waals surface area contributed by atoms with Crippen molar-refractivity contribution < 1.29 is 0 Å². The van der Waals surface area contributed by atoms with Crippen LogP contribution in [0.2, 0.25) is 0 Å². The monoisotopic (exact) mass is 205 g/mol. The molecule has 0 aliphatic carbocycles. The zero-order chi connectivity index (χ0) is 10.4. The van der Waals surface area contributed by atoms with Gasteiger partial charge in [-0.1, -0.05) is 6.07 Å². The molecule has 74 valence electrons. The van der Waals surface area contributed by atoms with E-state index >= 15 is 0 Å². The van der Waals surface area contributed by atoms with Crippen molar-refractivity contribution >= 4 is 17.4 Å². The molecule has 0 amide bonds. The molecule has 0 radical (unpaired) electrons. The third-order valence-electron chi connectivity index (χ3n) is 2.05. The molecule has 0 bridgehead atoms. The largest absolute Gasteiger partial charge is 0.398 e. The molecule has 0 aliphatic heterocycles. The molecule has 0 fully saturated rings. The molecule has 1 aromatic rings. The van der Waals surface area contributed by atoms with E-state index in [9.17, 15) is 0 Å². The quantitative estimate of drug-likeness (QED) is 0.354. The van der Waals surface area contributed by atoms with E-state index in [0.717, 1.165) is 24.3 Å². The normalized spacial score (nSPS) is 9.71. The molecule has 0 saturated carbocycles. The number of thioether (sulfide) groups is 1. The Balaban J connectivity index is 2.51. The van der Waals surface area contributed by atoms with E-state index in [4.69, 9.17) is 12.2 Å². The average Bonchev–Trinajstić information content (AvgIpc) is 2.19. The van der Waals surface area contributed by atoms with E-state index in [1.807, 2.05) is 23.9 Å². The first kappa shape index (κ1) is 11.0. The zero-order valence-corrected chi connectivity index (χ0v) is 9.23. The Kier molecular flexibility index (Phi) is 4.42. The molecule has 0 saturated heterocycles. The summed E-state index contributed by atoms with van der Waals surface area (Å²) in [7, 11) is 0. The molecule has 0 aliphatic rings. The topological polar surface area (TPSA) is 26.0 Å². The van der Waals surface area contributed by atoms with Crippen molar-refractivity contribution in [2.45, 2.75) is 24.7 Å². The summed E-state index contributed by atoms with van der Waals surface area (Å²) in [6.45, 7) is 2.05. The van der Waals surface area contributed by atoms with E-state index in [2.05, 4.69) is 18.9 Å². The number of hydrogen-bond donors (Lipinski definition) is 1. The molecule has 14 heavy (non-hydrogen) atoms. The second-order valence-electron chi connectivity index (χ2n) is 3.13. The molecule has 0 unspecified atom stereocenters. The third kappa shape index (κ3) is 3.01. The van der Waals surface area contributed by atoms with Crippen LogP contribution in [0.5, 0.6) is 0 Å². The molecular formula is C12H15NS. The highest BCUT2D eigenvalue weighted by Crippen LogP contribution is 2.26. The molecule has 0 aromatic heterocycles. The summed E-state index contributed by atoms with van der Waals surface area (Å²) in [5, 5.41) is 0. The summed E-state index contributed by atoms with van der Waals surface area (Å²) >= 11 is 1.83. The second kappa shape index (κ2) is 5.62. The minimum Gasteiger partial charge on any atom is -0.398 e. The summed E-state index contributed by atoms with van der Waals surface area (Å²) in [6, 6.07) is 6.03. The minimum atomic E-state index is 0.856. The van der Waals surface area contributed by atoms with Crippen LogP contribution in [-0.4, -0.2) is 5.75 Å². The second-order valence-corrected chi connectivity index (χ2v) is 4.26. The molecule has 2 heteroatoms. The fraction of sp³-hybridized carbons (Fsp3) is 0.333. The van der Waals surface area contributed by atoms with E-state index in [1.165, 1.54) is 10.5 Å². The summed E-state index contributed by atoms with van der Waals surface area (Å²) in [5.74, 6) is 3.71. The highest BCUT2D eigenvalue weighted by Gasteiger charge is 2.00. The molecule has 1 rings (SSSR count). The van der Waals surface area contributed by atoms with Gasteiger partial charge in [0, 0.05) is 17.0 Å². The number of rotatable bonds is 4. The van der Waals surface area contributed by atoms with Crippen LogP contribution in [0, 0.1) is 19.3 Å². The molecule has 0 spiro atoms. The molecule has 0 atom stereocenters. The zero-order valence-electron chi connectivity index (χ0n) is 8.42. The van der Waals surface area contributed by atoms with Gasteiger partial charge in [0.15, 0.2) is 0 Å². The van der Waals surface area contributed by atoms with Crippen molar-refractivity contribution in [1.29, 1.82) is 0 Å². The predicted octanol–water partition coefficient (Wildman–Crippen LogP) is 3.08. The maximum absolute atomic E-state index is 5.81. The van der Waals surface area contributed by atoms with Gasteiger partial charge in [-0.3, -0.25) is 0 Å². The highest BCUT2D eigenvalue weighted by molar-refractivity contribution is 7.99. The van der Waals surface area contributed by atoms with Gasteiger partial charge in [-0.05, 0) is 36.8 Å². The Morgan fingerprint density at radius 3 is 3.00 bits per heavy atom. The van der Waals surface area contributed by atoms with Gasteiger partial charge in [-0.15, -0.1) is 24.1 Å². The smallest absolute Gasteiger partial charge is 0.0354 e. The van der Waals surface area contributed by atoms with Crippen LogP contribution in [0.3, 0.4) is 0 Å². The minimum absolute atomic E-state index is 0.856. The van der Waals surface area contributed by atoms with E-state index < -0.39 is 0 Å². The van der Waals surface area contributed by atoms with Crippen LogP contribution in [0.4, 0.5) is 5.69 Å². The van der Waals surface area contributed by atoms with Crippen LogP contribution in [0.15, 0.2) is 23.1 Å². The lowest BCUT2D eigenvalue weighted by Gasteiger charge is -2.06. The first-order valence-corrected chi connectivity index (χ1v) is 5.65. The van der Waals surface area contributed by atoms with Crippen molar-refractivity contribution in [3.8, 4) is 12.3 Å². The first-order chi connectivity index (χ1) is 6.75. The van der Waals surface area contributed by atoms with E-state index in [1.54, 1.807) is 0 Å². The summed E-state index contributed by atoms with van der Waals surface area (Å²) in [5.41, 5.74) is 7.85. The summed E-state index contributed by atoms with van der Waals surface area (Å²) in [4.78, 5) is 1.27. The fourth-order valence-corrected chi connectivity index (χ4v) is 2.16.